The first kappa shape index (κ1) is 18.1. The molecule has 0 fully saturated rings. The third-order valence-electron chi connectivity index (χ3n) is 3.45. The minimum Gasteiger partial charge on any atom is -0.444 e. The van der Waals surface area contributed by atoms with Gasteiger partial charge in [-0.1, -0.05) is 0 Å². The molecule has 1 aliphatic rings. The molecular weight excluding hydrogens is 315 g/mol. The minimum atomic E-state index is -0.502. The molecule has 0 aliphatic carbocycles. The van der Waals surface area contributed by atoms with Crippen LogP contribution >= 0.6 is 11.8 Å². The summed E-state index contributed by atoms with van der Waals surface area (Å²) >= 11 is 1.76. The fraction of sp³-hybridized carbons (Fsp3) is 0.588. The zero-order valence-electron chi connectivity index (χ0n) is 14.1. The van der Waals surface area contributed by atoms with Crippen LogP contribution in [0.2, 0.25) is 0 Å². The highest BCUT2D eigenvalue weighted by molar-refractivity contribution is 7.99. The molecule has 128 valence electrons. The smallest absolute Gasteiger partial charge is 0.407 e. The molecule has 2 N–H and O–H groups in total. The van der Waals surface area contributed by atoms with E-state index in [4.69, 9.17) is 4.74 Å². The van der Waals surface area contributed by atoms with Crippen LogP contribution in [0.15, 0.2) is 23.1 Å². The van der Waals surface area contributed by atoms with E-state index in [0.29, 0.717) is 6.54 Å². The van der Waals surface area contributed by atoms with Crippen LogP contribution in [0.3, 0.4) is 0 Å². The number of rotatable bonds is 4. The predicted octanol–water partition coefficient (Wildman–Crippen LogP) is 3.87. The molecule has 2 unspecified atom stereocenters. The van der Waals surface area contributed by atoms with Gasteiger partial charge >= 0.3 is 6.09 Å². The highest BCUT2D eigenvalue weighted by atomic mass is 32.2. The second-order valence-electron chi connectivity index (χ2n) is 6.82. The topological polar surface area (TPSA) is 50.4 Å². The summed E-state index contributed by atoms with van der Waals surface area (Å²) in [7, 11) is 0. The van der Waals surface area contributed by atoms with Crippen molar-refractivity contribution in [2.24, 2.45) is 0 Å². The summed E-state index contributed by atoms with van der Waals surface area (Å²) in [5.41, 5.74) is 0.503. The number of hydrogen-bond donors (Lipinski definition) is 2. The van der Waals surface area contributed by atoms with Gasteiger partial charge in [-0.2, -0.15) is 0 Å². The van der Waals surface area contributed by atoms with E-state index in [2.05, 4.69) is 10.6 Å². The normalized spacial score (nSPS) is 18.9. The highest BCUT2D eigenvalue weighted by Crippen LogP contribution is 2.36. The van der Waals surface area contributed by atoms with Gasteiger partial charge in [0, 0.05) is 23.5 Å². The summed E-state index contributed by atoms with van der Waals surface area (Å²) in [4.78, 5) is 12.8. The van der Waals surface area contributed by atoms with Gasteiger partial charge in [0.1, 0.15) is 11.4 Å². The Hall–Kier alpha value is -1.27. The van der Waals surface area contributed by atoms with Crippen molar-refractivity contribution in [1.82, 2.24) is 10.6 Å². The number of benzene rings is 1. The van der Waals surface area contributed by atoms with Crippen molar-refractivity contribution < 1.29 is 13.9 Å². The first-order valence-corrected chi connectivity index (χ1v) is 8.88. The fourth-order valence-electron chi connectivity index (χ4n) is 2.49. The molecule has 0 saturated carbocycles. The molecule has 1 amide bonds. The van der Waals surface area contributed by atoms with Gasteiger partial charge in [-0.25, -0.2) is 9.18 Å². The molecule has 1 heterocycles. The SMILES string of the molecule is CC(CNC(=O)OC(C)(C)C)NC1CCSc2ccc(F)cc21. The predicted molar refractivity (Wildman–Crippen MR) is 91.3 cm³/mol. The van der Waals surface area contributed by atoms with Crippen LogP contribution in [-0.2, 0) is 4.74 Å². The lowest BCUT2D eigenvalue weighted by Crippen LogP contribution is -2.42. The highest BCUT2D eigenvalue weighted by Gasteiger charge is 2.23. The van der Waals surface area contributed by atoms with Gasteiger partial charge in [-0.15, -0.1) is 11.8 Å². The Morgan fingerprint density at radius 2 is 2.22 bits per heavy atom. The Morgan fingerprint density at radius 3 is 2.91 bits per heavy atom. The Morgan fingerprint density at radius 1 is 1.48 bits per heavy atom. The first-order valence-electron chi connectivity index (χ1n) is 7.90. The summed E-state index contributed by atoms with van der Waals surface area (Å²) in [6.45, 7) is 7.96. The molecule has 6 heteroatoms. The number of nitrogens with one attached hydrogen (secondary N) is 2. The lowest BCUT2D eigenvalue weighted by molar-refractivity contribution is 0.0522. The average molecular weight is 340 g/mol. The van der Waals surface area contributed by atoms with Crippen molar-refractivity contribution >= 4 is 17.9 Å². The molecule has 0 bridgehead atoms. The molecule has 1 aromatic carbocycles. The van der Waals surface area contributed by atoms with Crippen molar-refractivity contribution in [1.29, 1.82) is 0 Å². The molecule has 0 aromatic heterocycles. The minimum absolute atomic E-state index is 0.0618. The van der Waals surface area contributed by atoms with Gasteiger partial charge in [0.2, 0.25) is 0 Å². The van der Waals surface area contributed by atoms with Gasteiger partial charge in [0.05, 0.1) is 0 Å². The van der Waals surface area contributed by atoms with E-state index in [9.17, 15) is 9.18 Å². The number of fused-ring (bicyclic) bond motifs is 1. The second-order valence-corrected chi connectivity index (χ2v) is 7.96. The van der Waals surface area contributed by atoms with Gasteiger partial charge in [0.15, 0.2) is 0 Å². The summed E-state index contributed by atoms with van der Waals surface area (Å²) in [5.74, 6) is 0.792. The number of carbonyl (C=O) groups is 1. The van der Waals surface area contributed by atoms with Crippen LogP contribution in [0.4, 0.5) is 9.18 Å². The van der Waals surface area contributed by atoms with E-state index >= 15 is 0 Å². The molecular formula is C17H25FN2O2S. The third-order valence-corrected chi connectivity index (χ3v) is 4.57. The number of halogens is 1. The van der Waals surface area contributed by atoms with E-state index in [1.165, 1.54) is 6.07 Å². The Labute approximate surface area is 141 Å². The fourth-order valence-corrected chi connectivity index (χ4v) is 3.60. The summed E-state index contributed by atoms with van der Waals surface area (Å²) in [5, 5.41) is 6.23. The molecule has 4 nitrogen and oxygen atoms in total. The van der Waals surface area contributed by atoms with Crippen LogP contribution in [-0.4, -0.2) is 30.0 Å². The first-order chi connectivity index (χ1) is 10.7. The molecule has 2 rings (SSSR count). The van der Waals surface area contributed by atoms with E-state index in [1.807, 2.05) is 33.8 Å². The van der Waals surface area contributed by atoms with Crippen LogP contribution in [0, 0.1) is 5.82 Å². The maximum Gasteiger partial charge on any atom is 0.407 e. The van der Waals surface area contributed by atoms with Crippen molar-refractivity contribution in [2.75, 3.05) is 12.3 Å². The standard InChI is InChI=1S/C17H25FN2O2S/c1-11(10-19-16(21)22-17(2,3)4)20-14-7-8-23-15-6-5-12(18)9-13(14)15/h5-6,9,11,14,20H,7-8,10H2,1-4H3,(H,19,21). The number of alkyl carbamates (subject to hydrolysis) is 1. The molecule has 1 aliphatic heterocycles. The maximum atomic E-state index is 13.5. The van der Waals surface area contributed by atoms with Crippen LogP contribution in [0.1, 0.15) is 45.7 Å². The largest absolute Gasteiger partial charge is 0.444 e. The molecule has 1 aromatic rings. The molecule has 0 spiro atoms. The van der Waals surface area contributed by atoms with Crippen molar-refractivity contribution in [3.05, 3.63) is 29.6 Å². The lowest BCUT2D eigenvalue weighted by atomic mass is 10.0. The quantitative estimate of drug-likeness (QED) is 0.874. The van der Waals surface area contributed by atoms with Crippen molar-refractivity contribution in [2.45, 2.75) is 56.7 Å². The van der Waals surface area contributed by atoms with Crippen LogP contribution in [0.25, 0.3) is 0 Å². The van der Waals surface area contributed by atoms with Gasteiger partial charge in [0.25, 0.3) is 0 Å². The maximum absolute atomic E-state index is 13.5. The number of hydrogen-bond acceptors (Lipinski definition) is 4. The van der Waals surface area contributed by atoms with Crippen LogP contribution < -0.4 is 10.6 Å². The average Bonchev–Trinajstić information content (AvgIpc) is 2.44. The Balaban J connectivity index is 1.88. The summed E-state index contributed by atoms with van der Waals surface area (Å²) in [6, 6.07) is 5.12. The van der Waals surface area contributed by atoms with E-state index in [-0.39, 0.29) is 17.9 Å². The number of ether oxygens (including phenoxy) is 1. The van der Waals surface area contributed by atoms with Gasteiger partial charge in [-0.3, -0.25) is 0 Å². The van der Waals surface area contributed by atoms with Crippen molar-refractivity contribution in [3.63, 3.8) is 0 Å². The Kier molecular flexibility index (Phi) is 5.92. The van der Waals surface area contributed by atoms with E-state index in [0.717, 1.165) is 22.6 Å². The number of thioether (sulfide) groups is 1. The number of carbonyl (C=O) groups excluding carboxylic acids is 1. The second kappa shape index (κ2) is 7.53. The molecule has 2 atom stereocenters. The zero-order valence-corrected chi connectivity index (χ0v) is 14.9. The monoisotopic (exact) mass is 340 g/mol. The lowest BCUT2D eigenvalue weighted by Gasteiger charge is -2.29. The van der Waals surface area contributed by atoms with Gasteiger partial charge < -0.3 is 15.4 Å². The van der Waals surface area contributed by atoms with Gasteiger partial charge in [-0.05, 0) is 63.6 Å². The zero-order chi connectivity index (χ0) is 17.0. The molecule has 0 saturated heterocycles. The summed E-state index contributed by atoms with van der Waals surface area (Å²) < 4.78 is 18.7. The summed E-state index contributed by atoms with van der Waals surface area (Å²) in [6.07, 6.45) is 0.523. The molecule has 23 heavy (non-hydrogen) atoms. The van der Waals surface area contributed by atoms with Crippen molar-refractivity contribution in [3.8, 4) is 0 Å². The van der Waals surface area contributed by atoms with Crippen LogP contribution in [0.5, 0.6) is 0 Å². The number of amides is 1. The Bertz CT molecular complexity index is 560. The molecule has 0 radical (unpaired) electrons. The third kappa shape index (κ3) is 5.70. The van der Waals surface area contributed by atoms with E-state index in [1.54, 1.807) is 17.8 Å². The van der Waals surface area contributed by atoms with E-state index < -0.39 is 11.7 Å².